The number of rotatable bonds is 3. The van der Waals surface area contributed by atoms with Crippen LogP contribution in [0.1, 0.15) is 25.0 Å². The first-order valence-electron chi connectivity index (χ1n) is 6.66. The summed E-state index contributed by atoms with van der Waals surface area (Å²) in [5, 5.41) is 0. The largest absolute Gasteiger partial charge is 0.373 e. The average molecular weight is 318 g/mol. The monoisotopic (exact) mass is 317 g/mol. The van der Waals surface area contributed by atoms with Gasteiger partial charge in [0.2, 0.25) is 10.0 Å². The Labute approximate surface area is 125 Å². The third-order valence-electron chi connectivity index (χ3n) is 3.54. The summed E-state index contributed by atoms with van der Waals surface area (Å²) in [5.74, 6) is 0.311. The topological polar surface area (TPSA) is 46.6 Å². The Morgan fingerprint density at radius 2 is 1.90 bits per heavy atom. The van der Waals surface area contributed by atoms with Gasteiger partial charge < -0.3 is 4.74 Å². The molecule has 4 nitrogen and oxygen atoms in total. The van der Waals surface area contributed by atoms with E-state index in [9.17, 15) is 8.42 Å². The number of nitrogens with zero attached hydrogens (tertiary/aromatic N) is 1. The minimum atomic E-state index is -3.50. The normalized spacial score (nSPS) is 24.8. The van der Waals surface area contributed by atoms with E-state index in [2.05, 4.69) is 0 Å². The fraction of sp³-hybridized carbons (Fsp3) is 0.571. The van der Waals surface area contributed by atoms with Crippen molar-refractivity contribution >= 4 is 21.6 Å². The maximum Gasteiger partial charge on any atom is 0.243 e. The number of benzene rings is 1. The van der Waals surface area contributed by atoms with Crippen molar-refractivity contribution in [1.82, 2.24) is 4.31 Å². The molecular formula is C14H20ClNO3S. The summed E-state index contributed by atoms with van der Waals surface area (Å²) in [6.45, 7) is 6.35. The minimum absolute atomic E-state index is 0.0926. The van der Waals surface area contributed by atoms with Crippen LogP contribution in [0.4, 0.5) is 0 Å². The summed E-state index contributed by atoms with van der Waals surface area (Å²) >= 11 is 5.86. The molecule has 1 aliphatic rings. The van der Waals surface area contributed by atoms with Gasteiger partial charge in [0, 0.05) is 19.0 Å². The number of hydrogen-bond donors (Lipinski definition) is 0. The van der Waals surface area contributed by atoms with E-state index in [4.69, 9.17) is 16.3 Å². The van der Waals surface area contributed by atoms with E-state index in [1.807, 2.05) is 19.9 Å². The first-order chi connectivity index (χ1) is 9.36. The fourth-order valence-electron chi connectivity index (χ4n) is 2.55. The van der Waals surface area contributed by atoms with E-state index < -0.39 is 10.0 Å². The van der Waals surface area contributed by atoms with Crippen LogP contribution in [0.2, 0.25) is 0 Å². The Bertz CT molecular complexity index is 578. The molecule has 0 aliphatic carbocycles. The van der Waals surface area contributed by atoms with Crippen molar-refractivity contribution in [3.8, 4) is 0 Å². The van der Waals surface area contributed by atoms with Crippen molar-refractivity contribution in [3.63, 3.8) is 0 Å². The van der Waals surface area contributed by atoms with E-state index in [-0.39, 0.29) is 12.2 Å². The van der Waals surface area contributed by atoms with Crippen molar-refractivity contribution in [3.05, 3.63) is 29.3 Å². The third-order valence-corrected chi connectivity index (χ3v) is 5.81. The second-order valence-electron chi connectivity index (χ2n) is 5.25. The summed E-state index contributed by atoms with van der Waals surface area (Å²) in [5.41, 5.74) is 1.58. The highest BCUT2D eigenvalue weighted by Crippen LogP contribution is 2.26. The summed E-state index contributed by atoms with van der Waals surface area (Å²) in [7, 11) is -3.50. The molecule has 1 aromatic rings. The maximum atomic E-state index is 12.8. The summed E-state index contributed by atoms with van der Waals surface area (Å²) in [6, 6.07) is 5.24. The van der Waals surface area contributed by atoms with Crippen LogP contribution < -0.4 is 0 Å². The van der Waals surface area contributed by atoms with Crippen LogP contribution in [0.5, 0.6) is 0 Å². The van der Waals surface area contributed by atoms with Gasteiger partial charge in [0.05, 0.1) is 17.1 Å². The molecule has 0 spiro atoms. The molecule has 112 valence electrons. The number of ether oxygens (including phenoxy) is 1. The average Bonchev–Trinajstić information content (AvgIpc) is 2.37. The van der Waals surface area contributed by atoms with Crippen LogP contribution in [-0.4, -0.2) is 38.0 Å². The molecule has 1 aromatic carbocycles. The molecule has 0 unspecified atom stereocenters. The van der Waals surface area contributed by atoms with Crippen LogP contribution in [0.25, 0.3) is 0 Å². The molecule has 1 heterocycles. The van der Waals surface area contributed by atoms with E-state index in [0.717, 1.165) is 11.1 Å². The standard InChI is InChI=1S/C14H20ClNO3S/c1-10-8-16(9-11(2)19-10)20(17,18)14-6-4-5-13(7-15)12(14)3/h4-6,10-11H,7-9H2,1-3H3/t10-,11+. The van der Waals surface area contributed by atoms with Gasteiger partial charge in [-0.1, -0.05) is 12.1 Å². The van der Waals surface area contributed by atoms with Gasteiger partial charge in [-0.25, -0.2) is 8.42 Å². The second kappa shape index (κ2) is 6.02. The van der Waals surface area contributed by atoms with Crippen molar-refractivity contribution in [2.45, 2.75) is 43.8 Å². The summed E-state index contributed by atoms with van der Waals surface area (Å²) < 4.78 is 32.7. The predicted octanol–water partition coefficient (Wildman–Crippen LogP) is 2.53. The van der Waals surface area contributed by atoms with Crippen molar-refractivity contribution in [1.29, 1.82) is 0 Å². The summed E-state index contributed by atoms with van der Waals surface area (Å²) in [6.07, 6.45) is -0.185. The zero-order chi connectivity index (χ0) is 14.9. The zero-order valence-corrected chi connectivity index (χ0v) is 13.5. The molecule has 2 rings (SSSR count). The molecular weight excluding hydrogens is 298 g/mol. The van der Waals surface area contributed by atoms with E-state index in [1.165, 1.54) is 4.31 Å². The van der Waals surface area contributed by atoms with Crippen LogP contribution in [-0.2, 0) is 20.6 Å². The number of halogens is 1. The molecule has 1 fully saturated rings. The van der Waals surface area contributed by atoms with Gasteiger partial charge in [0.1, 0.15) is 0 Å². The molecule has 20 heavy (non-hydrogen) atoms. The van der Waals surface area contributed by atoms with E-state index in [1.54, 1.807) is 19.1 Å². The van der Waals surface area contributed by atoms with Crippen LogP contribution >= 0.6 is 11.6 Å². The fourth-order valence-corrected chi connectivity index (χ4v) is 4.70. The third kappa shape index (κ3) is 3.01. The summed E-state index contributed by atoms with van der Waals surface area (Å²) in [4.78, 5) is 0.344. The van der Waals surface area contributed by atoms with Crippen LogP contribution in [0, 0.1) is 6.92 Å². The number of morpholine rings is 1. The second-order valence-corrected chi connectivity index (χ2v) is 7.43. The van der Waals surface area contributed by atoms with Gasteiger partial charge in [-0.3, -0.25) is 0 Å². The van der Waals surface area contributed by atoms with Gasteiger partial charge >= 0.3 is 0 Å². The van der Waals surface area contributed by atoms with Gasteiger partial charge in [0.15, 0.2) is 0 Å². The first-order valence-corrected chi connectivity index (χ1v) is 8.63. The van der Waals surface area contributed by atoms with E-state index >= 15 is 0 Å². The smallest absolute Gasteiger partial charge is 0.243 e. The molecule has 0 N–H and O–H groups in total. The molecule has 1 aliphatic heterocycles. The number of alkyl halides is 1. The molecule has 0 amide bonds. The quantitative estimate of drug-likeness (QED) is 0.805. The highest BCUT2D eigenvalue weighted by Gasteiger charge is 2.33. The van der Waals surface area contributed by atoms with Crippen molar-refractivity contribution in [2.24, 2.45) is 0 Å². The first kappa shape index (κ1) is 15.8. The van der Waals surface area contributed by atoms with Gasteiger partial charge in [-0.15, -0.1) is 11.6 Å². The zero-order valence-electron chi connectivity index (χ0n) is 12.0. The molecule has 2 atom stereocenters. The predicted molar refractivity (Wildman–Crippen MR) is 79.5 cm³/mol. The number of sulfonamides is 1. The van der Waals surface area contributed by atoms with Gasteiger partial charge in [-0.05, 0) is 38.0 Å². The molecule has 0 radical (unpaired) electrons. The van der Waals surface area contributed by atoms with Crippen molar-refractivity contribution in [2.75, 3.05) is 13.1 Å². The van der Waals surface area contributed by atoms with Gasteiger partial charge in [-0.2, -0.15) is 4.31 Å². The maximum absolute atomic E-state index is 12.8. The van der Waals surface area contributed by atoms with Crippen LogP contribution in [0.3, 0.4) is 0 Å². The van der Waals surface area contributed by atoms with Gasteiger partial charge in [0.25, 0.3) is 0 Å². The Hall–Kier alpha value is -0.620. The lowest BCUT2D eigenvalue weighted by Gasteiger charge is -2.34. The Morgan fingerprint density at radius 1 is 1.30 bits per heavy atom. The molecule has 6 heteroatoms. The lowest BCUT2D eigenvalue weighted by atomic mass is 10.1. The van der Waals surface area contributed by atoms with E-state index in [0.29, 0.717) is 23.9 Å². The Kier molecular flexibility index (Phi) is 4.74. The minimum Gasteiger partial charge on any atom is -0.373 e. The molecule has 0 bridgehead atoms. The molecule has 0 saturated carbocycles. The highest BCUT2D eigenvalue weighted by atomic mass is 35.5. The van der Waals surface area contributed by atoms with Crippen LogP contribution in [0.15, 0.2) is 23.1 Å². The lowest BCUT2D eigenvalue weighted by Crippen LogP contribution is -2.48. The SMILES string of the molecule is Cc1c(CCl)cccc1S(=O)(=O)N1C[C@@H](C)O[C@@H](C)C1. The molecule has 0 aromatic heterocycles. The van der Waals surface area contributed by atoms with Crippen molar-refractivity contribution < 1.29 is 13.2 Å². The Morgan fingerprint density at radius 3 is 2.45 bits per heavy atom. The molecule has 1 saturated heterocycles. The highest BCUT2D eigenvalue weighted by molar-refractivity contribution is 7.89. The lowest BCUT2D eigenvalue weighted by molar-refractivity contribution is -0.0440. The number of hydrogen-bond acceptors (Lipinski definition) is 3. The Balaban J connectivity index is 2.40.